The number of piperazine rings is 1. The Hall–Kier alpha value is -2.80. The number of hydrogen-bond donors (Lipinski definition) is 1. The van der Waals surface area contributed by atoms with Crippen molar-refractivity contribution in [1.82, 2.24) is 9.88 Å². The standard InChI is InChI=1S/C22H28N4O3/c1-2-3-4-22(27)24-21-8-6-18(14-23-21)26-11-9-25(10-12-26)15-17-5-7-19-20(13-17)29-16-28-19/h5-8,13-14H,2-4,9-12,15-16H2,1H3,(H,23,24,27). The third-order valence-electron chi connectivity index (χ3n) is 5.35. The average Bonchev–Trinajstić information content (AvgIpc) is 3.21. The fourth-order valence-electron chi connectivity index (χ4n) is 3.65. The summed E-state index contributed by atoms with van der Waals surface area (Å²) in [6.45, 7) is 7.18. The Labute approximate surface area is 171 Å². The third kappa shape index (κ3) is 4.98. The lowest BCUT2D eigenvalue weighted by atomic mass is 10.1. The second-order valence-corrected chi connectivity index (χ2v) is 7.50. The molecule has 1 amide bonds. The van der Waals surface area contributed by atoms with E-state index in [1.165, 1.54) is 5.56 Å². The maximum Gasteiger partial charge on any atom is 0.231 e. The molecule has 3 heterocycles. The summed E-state index contributed by atoms with van der Waals surface area (Å²) in [6.07, 6.45) is 4.31. The molecule has 1 N–H and O–H groups in total. The fourth-order valence-corrected chi connectivity index (χ4v) is 3.65. The van der Waals surface area contributed by atoms with E-state index in [2.05, 4.69) is 39.2 Å². The van der Waals surface area contributed by atoms with E-state index in [4.69, 9.17) is 9.47 Å². The van der Waals surface area contributed by atoms with Gasteiger partial charge in [0.05, 0.1) is 11.9 Å². The predicted molar refractivity (Wildman–Crippen MR) is 112 cm³/mol. The van der Waals surface area contributed by atoms with Crippen LogP contribution < -0.4 is 19.7 Å². The summed E-state index contributed by atoms with van der Waals surface area (Å²) in [5, 5.41) is 2.86. The average molecular weight is 396 g/mol. The van der Waals surface area contributed by atoms with E-state index >= 15 is 0 Å². The number of nitrogens with one attached hydrogen (secondary N) is 1. The molecule has 0 aliphatic carbocycles. The smallest absolute Gasteiger partial charge is 0.231 e. The zero-order chi connectivity index (χ0) is 20.1. The van der Waals surface area contributed by atoms with Gasteiger partial charge in [0, 0.05) is 39.1 Å². The van der Waals surface area contributed by atoms with E-state index < -0.39 is 0 Å². The maximum atomic E-state index is 11.8. The minimum atomic E-state index is 0.0317. The monoisotopic (exact) mass is 396 g/mol. The Morgan fingerprint density at radius 1 is 1.10 bits per heavy atom. The molecule has 1 saturated heterocycles. The van der Waals surface area contributed by atoms with Crippen molar-refractivity contribution >= 4 is 17.4 Å². The van der Waals surface area contributed by atoms with Gasteiger partial charge in [0.15, 0.2) is 11.5 Å². The minimum absolute atomic E-state index is 0.0317. The summed E-state index contributed by atoms with van der Waals surface area (Å²) in [6, 6.07) is 10.1. The van der Waals surface area contributed by atoms with Crippen LogP contribution in [0.5, 0.6) is 11.5 Å². The van der Waals surface area contributed by atoms with Crippen molar-refractivity contribution in [3.05, 3.63) is 42.1 Å². The van der Waals surface area contributed by atoms with Crippen molar-refractivity contribution in [2.24, 2.45) is 0 Å². The van der Waals surface area contributed by atoms with Gasteiger partial charge in [-0.1, -0.05) is 19.4 Å². The normalized spacial score (nSPS) is 16.1. The number of anilines is 2. The Morgan fingerprint density at radius 3 is 2.69 bits per heavy atom. The van der Waals surface area contributed by atoms with Crippen LogP contribution in [-0.2, 0) is 11.3 Å². The molecule has 0 bridgehead atoms. The van der Waals surface area contributed by atoms with Crippen LogP contribution in [0.4, 0.5) is 11.5 Å². The SMILES string of the molecule is CCCCC(=O)Nc1ccc(N2CCN(Cc3ccc4c(c3)OCO4)CC2)cn1. The maximum absolute atomic E-state index is 11.8. The molecular formula is C22H28N4O3. The number of aromatic nitrogens is 1. The minimum Gasteiger partial charge on any atom is -0.454 e. The third-order valence-corrected chi connectivity index (χ3v) is 5.35. The van der Waals surface area contributed by atoms with E-state index in [0.717, 1.165) is 62.8 Å². The topological polar surface area (TPSA) is 66.9 Å². The molecule has 4 rings (SSSR count). The van der Waals surface area contributed by atoms with Crippen molar-refractivity contribution in [2.45, 2.75) is 32.7 Å². The van der Waals surface area contributed by atoms with Crippen LogP contribution in [0.1, 0.15) is 31.7 Å². The van der Waals surface area contributed by atoms with Crippen LogP contribution in [-0.4, -0.2) is 48.8 Å². The van der Waals surface area contributed by atoms with Gasteiger partial charge in [-0.2, -0.15) is 0 Å². The van der Waals surface area contributed by atoms with E-state index in [1.807, 2.05) is 24.4 Å². The van der Waals surface area contributed by atoms with E-state index in [9.17, 15) is 4.79 Å². The molecule has 0 radical (unpaired) electrons. The lowest BCUT2D eigenvalue weighted by Crippen LogP contribution is -2.46. The molecule has 0 unspecified atom stereocenters. The number of carbonyl (C=O) groups is 1. The van der Waals surface area contributed by atoms with Crippen molar-refractivity contribution in [3.8, 4) is 11.5 Å². The van der Waals surface area contributed by atoms with Crippen molar-refractivity contribution in [2.75, 3.05) is 43.2 Å². The number of benzene rings is 1. The lowest BCUT2D eigenvalue weighted by molar-refractivity contribution is -0.116. The van der Waals surface area contributed by atoms with Crippen molar-refractivity contribution in [1.29, 1.82) is 0 Å². The first kappa shape index (κ1) is 19.5. The number of rotatable bonds is 7. The number of fused-ring (bicyclic) bond motifs is 1. The van der Waals surface area contributed by atoms with Crippen LogP contribution >= 0.6 is 0 Å². The highest BCUT2D eigenvalue weighted by molar-refractivity contribution is 5.89. The quantitative estimate of drug-likeness (QED) is 0.775. The summed E-state index contributed by atoms with van der Waals surface area (Å²) < 4.78 is 10.9. The Morgan fingerprint density at radius 2 is 1.93 bits per heavy atom. The molecule has 7 nitrogen and oxygen atoms in total. The van der Waals surface area contributed by atoms with Gasteiger partial charge in [-0.05, 0) is 36.2 Å². The van der Waals surface area contributed by atoms with Crippen LogP contribution in [0.15, 0.2) is 36.5 Å². The molecule has 7 heteroatoms. The van der Waals surface area contributed by atoms with Crippen LogP contribution in [0.2, 0.25) is 0 Å². The van der Waals surface area contributed by atoms with Gasteiger partial charge in [0.2, 0.25) is 12.7 Å². The molecule has 2 aliphatic rings. The molecule has 1 aromatic heterocycles. The van der Waals surface area contributed by atoms with E-state index in [-0.39, 0.29) is 5.91 Å². The molecule has 0 saturated carbocycles. The van der Waals surface area contributed by atoms with Gasteiger partial charge in [-0.15, -0.1) is 0 Å². The first-order chi connectivity index (χ1) is 14.2. The summed E-state index contributed by atoms with van der Waals surface area (Å²) in [7, 11) is 0. The van der Waals surface area contributed by atoms with Crippen molar-refractivity contribution in [3.63, 3.8) is 0 Å². The molecule has 29 heavy (non-hydrogen) atoms. The van der Waals surface area contributed by atoms with Crippen LogP contribution in [0.25, 0.3) is 0 Å². The summed E-state index contributed by atoms with van der Waals surface area (Å²) in [5.41, 5.74) is 2.34. The van der Waals surface area contributed by atoms with Crippen LogP contribution in [0.3, 0.4) is 0 Å². The zero-order valence-corrected chi connectivity index (χ0v) is 16.9. The van der Waals surface area contributed by atoms with Gasteiger partial charge in [0.25, 0.3) is 0 Å². The highest BCUT2D eigenvalue weighted by Gasteiger charge is 2.19. The van der Waals surface area contributed by atoms with Gasteiger partial charge in [0.1, 0.15) is 5.82 Å². The van der Waals surface area contributed by atoms with E-state index in [0.29, 0.717) is 19.0 Å². The van der Waals surface area contributed by atoms with Gasteiger partial charge in [-0.3, -0.25) is 9.69 Å². The summed E-state index contributed by atoms with van der Waals surface area (Å²) in [4.78, 5) is 21.0. The molecule has 2 aromatic rings. The number of nitrogens with zero attached hydrogens (tertiary/aromatic N) is 3. The largest absolute Gasteiger partial charge is 0.454 e. The molecule has 1 fully saturated rings. The first-order valence-electron chi connectivity index (χ1n) is 10.3. The Kier molecular flexibility index (Phi) is 6.14. The Bertz CT molecular complexity index is 832. The van der Waals surface area contributed by atoms with Gasteiger partial charge in [-0.25, -0.2) is 4.98 Å². The number of ether oxygens (including phenoxy) is 2. The van der Waals surface area contributed by atoms with Gasteiger partial charge < -0.3 is 19.7 Å². The van der Waals surface area contributed by atoms with E-state index in [1.54, 1.807) is 0 Å². The number of unbranched alkanes of at least 4 members (excludes halogenated alkanes) is 1. The Balaban J connectivity index is 1.26. The number of hydrogen-bond acceptors (Lipinski definition) is 6. The number of amides is 1. The molecule has 154 valence electrons. The van der Waals surface area contributed by atoms with Gasteiger partial charge >= 0.3 is 0 Å². The molecule has 2 aliphatic heterocycles. The number of carbonyl (C=O) groups excluding carboxylic acids is 1. The molecule has 0 atom stereocenters. The number of pyridine rings is 1. The summed E-state index contributed by atoms with van der Waals surface area (Å²) in [5.74, 6) is 2.32. The lowest BCUT2D eigenvalue weighted by Gasteiger charge is -2.36. The van der Waals surface area contributed by atoms with Crippen molar-refractivity contribution < 1.29 is 14.3 Å². The second kappa shape index (κ2) is 9.13. The summed E-state index contributed by atoms with van der Waals surface area (Å²) >= 11 is 0. The van der Waals surface area contributed by atoms with Crippen LogP contribution in [0, 0.1) is 0 Å². The highest BCUT2D eigenvalue weighted by Crippen LogP contribution is 2.33. The molecule has 1 aromatic carbocycles. The fraction of sp³-hybridized carbons (Fsp3) is 0.455. The predicted octanol–water partition coefficient (Wildman–Crippen LogP) is 3.26. The first-order valence-corrected chi connectivity index (χ1v) is 10.3. The molecular weight excluding hydrogens is 368 g/mol. The second-order valence-electron chi connectivity index (χ2n) is 7.50. The zero-order valence-electron chi connectivity index (χ0n) is 16.9. The highest BCUT2D eigenvalue weighted by atomic mass is 16.7. The molecule has 0 spiro atoms.